The molecule has 18 heavy (non-hydrogen) atoms. The molecule has 0 aromatic carbocycles. The van der Waals surface area contributed by atoms with Crippen LogP contribution in [-0.4, -0.2) is 11.4 Å². The van der Waals surface area contributed by atoms with E-state index in [0.29, 0.717) is 0 Å². The number of allylic oxidation sites excluding steroid dienone is 2. The highest BCUT2D eigenvalue weighted by molar-refractivity contribution is 6.25. The van der Waals surface area contributed by atoms with E-state index in [-0.39, 0.29) is 11.4 Å². The van der Waals surface area contributed by atoms with Crippen LogP contribution in [0.25, 0.3) is 0 Å². The highest BCUT2D eigenvalue weighted by Crippen LogP contribution is 2.10. The maximum atomic E-state index is 6.02. The van der Waals surface area contributed by atoms with Crippen LogP contribution in [0.3, 0.4) is 0 Å². The van der Waals surface area contributed by atoms with Crippen molar-refractivity contribution in [3.8, 4) is 23.7 Å². The van der Waals surface area contributed by atoms with Crippen molar-refractivity contribution in [1.29, 1.82) is 0 Å². The van der Waals surface area contributed by atoms with Gasteiger partial charge in [-0.2, -0.15) is 0 Å². The van der Waals surface area contributed by atoms with Gasteiger partial charge in [-0.3, -0.25) is 0 Å². The van der Waals surface area contributed by atoms with E-state index in [1.807, 2.05) is 0 Å². The fourth-order valence-corrected chi connectivity index (χ4v) is 1.60. The van der Waals surface area contributed by atoms with E-state index in [1.54, 1.807) is 12.2 Å². The highest BCUT2D eigenvalue weighted by Gasteiger charge is 2.05. The zero-order valence-corrected chi connectivity index (χ0v) is 12.0. The molecule has 2 unspecified atom stereocenters. The molecule has 1 nitrogen and oxygen atoms in total. The molecule has 0 radical (unpaired) electrons. The average molecular weight is 284 g/mol. The number of halogens is 2. The molecule has 3 heteroatoms. The van der Waals surface area contributed by atoms with Gasteiger partial charge in [-0.15, -0.1) is 11.6 Å². The molecular weight excluding hydrogens is 265 g/mol. The van der Waals surface area contributed by atoms with Crippen molar-refractivity contribution in [1.82, 2.24) is 0 Å². The van der Waals surface area contributed by atoms with Crippen LogP contribution in [-0.2, 0) is 0 Å². The van der Waals surface area contributed by atoms with Crippen molar-refractivity contribution >= 4 is 23.2 Å². The van der Waals surface area contributed by atoms with Gasteiger partial charge in [-0.05, 0) is 37.8 Å². The summed E-state index contributed by atoms with van der Waals surface area (Å²) in [5.74, 6) is 11.5. The first-order valence-corrected chi connectivity index (χ1v) is 6.83. The molecule has 98 valence electrons. The molecule has 0 saturated heterocycles. The van der Waals surface area contributed by atoms with Crippen LogP contribution in [0.1, 0.15) is 32.1 Å². The number of hydrogen-bond donors (Lipinski definition) is 1. The van der Waals surface area contributed by atoms with Crippen molar-refractivity contribution in [3.63, 3.8) is 0 Å². The molecule has 2 N–H and O–H groups in total. The topological polar surface area (TPSA) is 26.0 Å². The fraction of sp³-hybridized carbons (Fsp3) is 0.467. The van der Waals surface area contributed by atoms with Gasteiger partial charge in [0.15, 0.2) is 0 Å². The second-order valence-corrected chi connectivity index (χ2v) is 4.58. The van der Waals surface area contributed by atoms with Crippen molar-refractivity contribution in [2.75, 3.05) is 0 Å². The Morgan fingerprint density at radius 2 is 2.00 bits per heavy atom. The van der Waals surface area contributed by atoms with E-state index >= 15 is 0 Å². The van der Waals surface area contributed by atoms with Crippen molar-refractivity contribution < 1.29 is 0 Å². The second kappa shape index (κ2) is 12.6. The predicted octanol–water partition coefficient (Wildman–Crippen LogP) is 3.82. The van der Waals surface area contributed by atoms with Gasteiger partial charge in [0, 0.05) is 18.0 Å². The zero-order valence-electron chi connectivity index (χ0n) is 10.5. The molecule has 0 aromatic rings. The lowest BCUT2D eigenvalue weighted by Gasteiger charge is -2.10. The number of nitrogens with two attached hydrogens (primary N) is 1. The molecule has 0 bridgehead atoms. The Morgan fingerprint density at radius 3 is 2.67 bits per heavy atom. The van der Waals surface area contributed by atoms with Crippen LogP contribution >= 0.6 is 23.2 Å². The maximum absolute atomic E-state index is 6.02. The van der Waals surface area contributed by atoms with Gasteiger partial charge in [-0.25, -0.2) is 0 Å². The Labute approximate surface area is 120 Å². The lowest BCUT2D eigenvalue weighted by molar-refractivity contribution is 0.537. The van der Waals surface area contributed by atoms with Gasteiger partial charge in [0.25, 0.3) is 0 Å². The minimum atomic E-state index is -0.163. The Bertz CT molecular complexity index is 365. The van der Waals surface area contributed by atoms with Gasteiger partial charge in [0.2, 0.25) is 0 Å². The zero-order chi connectivity index (χ0) is 13.6. The van der Waals surface area contributed by atoms with Crippen molar-refractivity contribution in [2.45, 2.75) is 43.5 Å². The van der Waals surface area contributed by atoms with Gasteiger partial charge in [0.1, 0.15) is 0 Å². The minimum absolute atomic E-state index is 0.163. The Kier molecular flexibility index (Phi) is 12.0. The first-order chi connectivity index (χ1) is 8.70. The summed E-state index contributed by atoms with van der Waals surface area (Å²) in [5.41, 5.74) is 7.35. The van der Waals surface area contributed by atoms with Crippen LogP contribution in [0.15, 0.2) is 24.3 Å². The molecule has 0 rings (SSSR count). The normalized spacial score (nSPS) is 13.1. The Morgan fingerprint density at radius 1 is 1.22 bits per heavy atom. The summed E-state index contributed by atoms with van der Waals surface area (Å²) in [6.45, 7) is 3.53. The summed E-state index contributed by atoms with van der Waals surface area (Å²) in [7, 11) is 0. The maximum Gasteiger partial charge on any atom is 0.0947 e. The van der Waals surface area contributed by atoms with E-state index in [1.165, 1.54) is 5.54 Å². The average Bonchev–Trinajstić information content (AvgIpc) is 2.36. The summed E-state index contributed by atoms with van der Waals surface area (Å²) in [4.78, 5) is 0. The van der Waals surface area contributed by atoms with Gasteiger partial charge >= 0.3 is 0 Å². The third-order valence-electron chi connectivity index (χ3n) is 2.26. The number of rotatable bonds is 6. The molecule has 0 aliphatic heterocycles. The van der Waals surface area contributed by atoms with Crippen molar-refractivity contribution in [3.05, 3.63) is 24.3 Å². The molecule has 0 aliphatic carbocycles. The molecule has 0 spiro atoms. The number of alkyl halides is 1. The third kappa shape index (κ3) is 11.6. The number of hydrogen-bond acceptors (Lipinski definition) is 1. The highest BCUT2D eigenvalue weighted by atomic mass is 35.5. The second-order valence-electron chi connectivity index (χ2n) is 3.80. The first-order valence-electron chi connectivity index (χ1n) is 5.96. The van der Waals surface area contributed by atoms with Gasteiger partial charge in [0.05, 0.1) is 5.38 Å². The summed E-state index contributed by atoms with van der Waals surface area (Å²) in [6, 6.07) is 0.169. The summed E-state index contributed by atoms with van der Waals surface area (Å²) in [5, 5.41) is -0.163. The summed E-state index contributed by atoms with van der Waals surface area (Å²) < 4.78 is 0. The SMILES string of the molecule is C=CC#CCCCC(N)CCC(Cl)C#CC=CCl. The van der Waals surface area contributed by atoms with E-state index in [4.69, 9.17) is 28.9 Å². The van der Waals surface area contributed by atoms with Crippen LogP contribution in [0.4, 0.5) is 0 Å². The monoisotopic (exact) mass is 283 g/mol. The predicted molar refractivity (Wildman–Crippen MR) is 81.4 cm³/mol. The van der Waals surface area contributed by atoms with E-state index in [2.05, 4.69) is 30.3 Å². The summed E-state index contributed by atoms with van der Waals surface area (Å²) >= 11 is 11.4. The van der Waals surface area contributed by atoms with Crippen LogP contribution in [0, 0.1) is 23.7 Å². The smallest absolute Gasteiger partial charge is 0.0947 e. The molecule has 2 atom stereocenters. The van der Waals surface area contributed by atoms with Crippen LogP contribution < -0.4 is 5.73 Å². The molecule has 0 heterocycles. The molecule has 0 saturated carbocycles. The summed E-state index contributed by atoms with van der Waals surface area (Å²) in [6.07, 6.45) is 7.68. The largest absolute Gasteiger partial charge is 0.328 e. The molecule has 0 amide bonds. The van der Waals surface area contributed by atoms with Crippen LogP contribution in [0.5, 0.6) is 0 Å². The minimum Gasteiger partial charge on any atom is -0.328 e. The fourth-order valence-electron chi connectivity index (χ4n) is 1.34. The molecule has 0 fully saturated rings. The molecular formula is C15H19Cl2N. The first kappa shape index (κ1) is 17.1. The Balaban J connectivity index is 3.67. The molecule has 0 aromatic heterocycles. The number of unbranched alkanes of at least 4 members (excludes halogenated alkanes) is 1. The Hall–Kier alpha value is -0.860. The van der Waals surface area contributed by atoms with Gasteiger partial charge in [-0.1, -0.05) is 41.9 Å². The van der Waals surface area contributed by atoms with Crippen molar-refractivity contribution in [2.24, 2.45) is 5.73 Å². The van der Waals surface area contributed by atoms with E-state index < -0.39 is 0 Å². The van der Waals surface area contributed by atoms with Crippen LogP contribution in [0.2, 0.25) is 0 Å². The third-order valence-corrected chi connectivity index (χ3v) is 2.71. The lowest BCUT2D eigenvalue weighted by atomic mass is 10.0. The quantitative estimate of drug-likeness (QED) is 0.448. The van der Waals surface area contributed by atoms with E-state index in [9.17, 15) is 0 Å². The van der Waals surface area contributed by atoms with E-state index in [0.717, 1.165) is 32.1 Å². The van der Waals surface area contributed by atoms with Gasteiger partial charge < -0.3 is 5.73 Å². The lowest BCUT2D eigenvalue weighted by Crippen LogP contribution is -2.20. The molecule has 0 aliphatic rings. The standard InChI is InChI=1S/C15H19Cl2N/c1-2-3-4-5-6-10-15(18)12-11-14(17)9-7-8-13-16/h2,8,13-15H,1,5-6,10-12,18H2.